The van der Waals surface area contributed by atoms with Crippen molar-refractivity contribution in [1.82, 2.24) is 0 Å². The fourth-order valence-electron chi connectivity index (χ4n) is 1.61. The summed E-state index contributed by atoms with van der Waals surface area (Å²) in [5.41, 5.74) is 0.0182. The standard InChI is InChI=1S/C9H16O2.C7H6O2.C2H6/c1-9(2,3)11-8(10)7-5-4-6-7;8-7(9)6-4-2-1-3-5-6;1-2/h7H,4-6H2,1-3H3;1-5H,(H,8,9);1-2H3. The maximum absolute atomic E-state index is 11.2. The Bertz CT molecular complexity index is 442. The van der Waals surface area contributed by atoms with Gasteiger partial charge in [0, 0.05) is 0 Å². The molecule has 0 aromatic heterocycles. The molecule has 0 aliphatic heterocycles. The second-order valence-electron chi connectivity index (χ2n) is 5.83. The van der Waals surface area contributed by atoms with Crippen LogP contribution < -0.4 is 0 Å². The highest BCUT2D eigenvalue weighted by molar-refractivity contribution is 5.87. The molecule has 1 aliphatic rings. The van der Waals surface area contributed by atoms with Gasteiger partial charge in [0.25, 0.3) is 0 Å². The van der Waals surface area contributed by atoms with Crippen LogP contribution in [0.4, 0.5) is 0 Å². The van der Waals surface area contributed by atoms with E-state index in [1.807, 2.05) is 34.6 Å². The summed E-state index contributed by atoms with van der Waals surface area (Å²) in [4.78, 5) is 21.4. The molecule has 1 aromatic rings. The highest BCUT2D eigenvalue weighted by atomic mass is 16.6. The fourth-order valence-corrected chi connectivity index (χ4v) is 1.61. The first kappa shape index (κ1) is 20.2. The van der Waals surface area contributed by atoms with Gasteiger partial charge in [0.05, 0.1) is 11.5 Å². The van der Waals surface area contributed by atoms with Crippen molar-refractivity contribution in [2.24, 2.45) is 5.92 Å². The second-order valence-corrected chi connectivity index (χ2v) is 5.83. The van der Waals surface area contributed by atoms with Crippen LogP contribution in [0.5, 0.6) is 0 Å². The molecule has 0 amide bonds. The lowest BCUT2D eigenvalue weighted by Gasteiger charge is -2.28. The molecule has 2 rings (SSSR count). The van der Waals surface area contributed by atoms with E-state index in [4.69, 9.17) is 9.84 Å². The first-order chi connectivity index (χ1) is 10.3. The Labute approximate surface area is 133 Å². The Morgan fingerprint density at radius 2 is 1.59 bits per heavy atom. The van der Waals surface area contributed by atoms with Crippen molar-refractivity contribution in [1.29, 1.82) is 0 Å². The van der Waals surface area contributed by atoms with E-state index in [0.29, 0.717) is 5.56 Å². The largest absolute Gasteiger partial charge is 0.478 e. The van der Waals surface area contributed by atoms with Gasteiger partial charge in [-0.2, -0.15) is 0 Å². The molecule has 124 valence electrons. The predicted molar refractivity (Wildman–Crippen MR) is 87.9 cm³/mol. The Morgan fingerprint density at radius 1 is 1.09 bits per heavy atom. The van der Waals surface area contributed by atoms with Crippen molar-refractivity contribution >= 4 is 11.9 Å². The molecular weight excluding hydrogens is 280 g/mol. The maximum atomic E-state index is 11.2. The molecule has 0 bridgehead atoms. The van der Waals surface area contributed by atoms with Crippen molar-refractivity contribution < 1.29 is 19.4 Å². The number of carbonyl (C=O) groups excluding carboxylic acids is 1. The lowest BCUT2D eigenvalue weighted by molar-refractivity contribution is -0.162. The van der Waals surface area contributed by atoms with Gasteiger partial charge < -0.3 is 9.84 Å². The van der Waals surface area contributed by atoms with Gasteiger partial charge in [0.15, 0.2) is 0 Å². The summed E-state index contributed by atoms with van der Waals surface area (Å²) in [7, 11) is 0. The van der Waals surface area contributed by atoms with Crippen LogP contribution in [0.2, 0.25) is 0 Å². The Kier molecular flexibility index (Phi) is 9.15. The highest BCUT2D eigenvalue weighted by Gasteiger charge is 2.29. The number of ether oxygens (including phenoxy) is 1. The Morgan fingerprint density at radius 3 is 1.86 bits per heavy atom. The molecule has 22 heavy (non-hydrogen) atoms. The van der Waals surface area contributed by atoms with E-state index >= 15 is 0 Å². The molecule has 4 heteroatoms. The number of aromatic carboxylic acids is 1. The van der Waals surface area contributed by atoms with E-state index in [1.165, 1.54) is 6.42 Å². The smallest absolute Gasteiger partial charge is 0.335 e. The molecular formula is C18H28O4. The molecule has 0 heterocycles. The SMILES string of the molecule is CC.CC(C)(C)OC(=O)C1CCC1.O=C(O)c1ccccc1. The quantitative estimate of drug-likeness (QED) is 0.815. The average molecular weight is 308 g/mol. The molecule has 0 spiro atoms. The van der Waals surface area contributed by atoms with Crippen LogP contribution in [-0.2, 0) is 9.53 Å². The number of benzene rings is 1. The first-order valence-electron chi connectivity index (χ1n) is 7.81. The predicted octanol–water partition coefficient (Wildman–Crippen LogP) is 4.54. The van der Waals surface area contributed by atoms with E-state index in [2.05, 4.69) is 0 Å². The minimum absolute atomic E-state index is 0.0104. The van der Waals surface area contributed by atoms with Crippen LogP contribution in [0, 0.1) is 5.92 Å². The molecule has 1 aliphatic carbocycles. The molecule has 1 fully saturated rings. The first-order valence-corrected chi connectivity index (χ1v) is 7.81. The maximum Gasteiger partial charge on any atom is 0.335 e. The molecule has 1 saturated carbocycles. The molecule has 4 nitrogen and oxygen atoms in total. The number of hydrogen-bond acceptors (Lipinski definition) is 3. The van der Waals surface area contributed by atoms with E-state index < -0.39 is 5.97 Å². The zero-order valence-corrected chi connectivity index (χ0v) is 14.3. The molecule has 0 radical (unpaired) electrons. The Hall–Kier alpha value is -1.84. The number of esters is 1. The Balaban J connectivity index is 0.000000366. The van der Waals surface area contributed by atoms with Crippen molar-refractivity contribution in [3.8, 4) is 0 Å². The third-order valence-corrected chi connectivity index (χ3v) is 2.87. The number of hydrogen-bond donors (Lipinski definition) is 1. The topological polar surface area (TPSA) is 63.6 Å². The molecule has 1 N–H and O–H groups in total. The summed E-state index contributed by atoms with van der Waals surface area (Å²) in [6.07, 6.45) is 3.23. The van der Waals surface area contributed by atoms with E-state index in [1.54, 1.807) is 30.3 Å². The van der Waals surface area contributed by atoms with E-state index in [0.717, 1.165) is 12.8 Å². The molecule has 0 atom stereocenters. The van der Waals surface area contributed by atoms with Gasteiger partial charge in [0.2, 0.25) is 0 Å². The zero-order chi connectivity index (χ0) is 17.2. The highest BCUT2D eigenvalue weighted by Crippen LogP contribution is 2.28. The number of carboxylic acid groups (broad SMARTS) is 1. The van der Waals surface area contributed by atoms with Crippen LogP contribution in [0.1, 0.15) is 64.2 Å². The zero-order valence-electron chi connectivity index (χ0n) is 14.3. The third kappa shape index (κ3) is 8.45. The summed E-state index contributed by atoms with van der Waals surface area (Å²) in [6, 6.07) is 8.30. The number of rotatable bonds is 2. The summed E-state index contributed by atoms with van der Waals surface area (Å²) < 4.78 is 5.20. The third-order valence-electron chi connectivity index (χ3n) is 2.87. The molecule has 0 saturated heterocycles. The monoisotopic (exact) mass is 308 g/mol. The van der Waals surface area contributed by atoms with Crippen LogP contribution in [0.15, 0.2) is 30.3 Å². The van der Waals surface area contributed by atoms with E-state index in [9.17, 15) is 9.59 Å². The van der Waals surface area contributed by atoms with Gasteiger partial charge in [0.1, 0.15) is 5.60 Å². The van der Waals surface area contributed by atoms with Gasteiger partial charge in [-0.25, -0.2) is 4.79 Å². The van der Waals surface area contributed by atoms with Gasteiger partial charge in [-0.3, -0.25) is 4.79 Å². The molecule has 0 unspecified atom stereocenters. The summed E-state index contributed by atoms with van der Waals surface area (Å²) in [6.45, 7) is 9.72. The minimum atomic E-state index is -0.879. The van der Waals surface area contributed by atoms with Gasteiger partial charge >= 0.3 is 11.9 Å². The van der Waals surface area contributed by atoms with Crippen LogP contribution in [-0.4, -0.2) is 22.6 Å². The van der Waals surface area contributed by atoms with Crippen LogP contribution >= 0.6 is 0 Å². The summed E-state index contributed by atoms with van der Waals surface area (Å²) in [5.74, 6) is -0.687. The van der Waals surface area contributed by atoms with Crippen molar-refractivity contribution in [2.75, 3.05) is 0 Å². The average Bonchev–Trinajstić information content (AvgIpc) is 2.38. The number of carboxylic acids is 1. The number of carbonyl (C=O) groups is 2. The molecule has 1 aromatic carbocycles. The van der Waals surface area contributed by atoms with Crippen molar-refractivity contribution in [3.05, 3.63) is 35.9 Å². The normalized spacial score (nSPS) is 13.5. The van der Waals surface area contributed by atoms with Gasteiger partial charge in [-0.05, 0) is 45.7 Å². The minimum Gasteiger partial charge on any atom is -0.478 e. The van der Waals surface area contributed by atoms with Crippen LogP contribution in [0.25, 0.3) is 0 Å². The summed E-state index contributed by atoms with van der Waals surface area (Å²) >= 11 is 0. The van der Waals surface area contributed by atoms with Crippen molar-refractivity contribution in [3.63, 3.8) is 0 Å². The van der Waals surface area contributed by atoms with E-state index in [-0.39, 0.29) is 17.5 Å². The fraction of sp³-hybridized carbons (Fsp3) is 0.556. The second kappa shape index (κ2) is 9.98. The van der Waals surface area contributed by atoms with Gasteiger partial charge in [-0.15, -0.1) is 0 Å². The van der Waals surface area contributed by atoms with Gasteiger partial charge in [-0.1, -0.05) is 38.5 Å². The lowest BCUT2D eigenvalue weighted by atomic mass is 9.85. The van der Waals surface area contributed by atoms with Crippen molar-refractivity contribution in [2.45, 2.75) is 59.5 Å². The van der Waals surface area contributed by atoms with Crippen LogP contribution in [0.3, 0.4) is 0 Å². The lowest BCUT2D eigenvalue weighted by Crippen LogP contribution is -2.31. The summed E-state index contributed by atoms with van der Waals surface area (Å²) in [5, 5.41) is 8.38.